The molecule has 1 saturated heterocycles. The molecule has 5 heteroatoms. The maximum absolute atomic E-state index is 9.55. The first-order chi connectivity index (χ1) is 8.11. The lowest BCUT2D eigenvalue weighted by atomic mass is 10.2. The number of hydrogen-bond acceptors (Lipinski definition) is 4. The van der Waals surface area contributed by atoms with Gasteiger partial charge in [0, 0.05) is 38.8 Å². The van der Waals surface area contributed by atoms with Crippen molar-refractivity contribution in [1.82, 2.24) is 14.7 Å². The van der Waals surface area contributed by atoms with Gasteiger partial charge in [-0.25, -0.2) is 0 Å². The van der Waals surface area contributed by atoms with Crippen LogP contribution in [0.25, 0.3) is 0 Å². The van der Waals surface area contributed by atoms with Crippen LogP contribution in [0.3, 0.4) is 0 Å². The molecule has 0 amide bonds. The SMILES string of the molecule is CCNc1c(CN2CCC(O)C2)c(C)nn1C. The van der Waals surface area contributed by atoms with Crippen molar-refractivity contribution < 1.29 is 5.11 Å². The van der Waals surface area contributed by atoms with Crippen molar-refractivity contribution in [1.29, 1.82) is 0 Å². The molecule has 17 heavy (non-hydrogen) atoms. The highest BCUT2D eigenvalue weighted by Gasteiger charge is 2.23. The van der Waals surface area contributed by atoms with Crippen molar-refractivity contribution in [2.24, 2.45) is 7.05 Å². The molecular formula is C12H22N4O. The van der Waals surface area contributed by atoms with Crippen molar-refractivity contribution in [2.75, 3.05) is 25.0 Å². The van der Waals surface area contributed by atoms with Crippen LogP contribution in [0.15, 0.2) is 0 Å². The van der Waals surface area contributed by atoms with E-state index in [1.807, 2.05) is 18.7 Å². The number of anilines is 1. The Labute approximate surface area is 102 Å². The van der Waals surface area contributed by atoms with Crippen molar-refractivity contribution >= 4 is 5.82 Å². The molecule has 0 spiro atoms. The molecule has 1 unspecified atom stereocenters. The second-order valence-electron chi connectivity index (χ2n) is 4.74. The summed E-state index contributed by atoms with van der Waals surface area (Å²) in [5.41, 5.74) is 2.33. The lowest BCUT2D eigenvalue weighted by Gasteiger charge is -2.16. The highest BCUT2D eigenvalue weighted by molar-refractivity contribution is 5.47. The molecule has 2 N–H and O–H groups in total. The molecule has 1 aromatic rings. The van der Waals surface area contributed by atoms with Crippen LogP contribution in [-0.4, -0.2) is 45.5 Å². The number of β-amino-alcohol motifs (C(OH)–C–C–N with tert-alkyl or cyclic N) is 1. The molecule has 0 radical (unpaired) electrons. The normalized spacial score (nSPS) is 21.1. The first-order valence-corrected chi connectivity index (χ1v) is 6.28. The quantitative estimate of drug-likeness (QED) is 0.812. The summed E-state index contributed by atoms with van der Waals surface area (Å²) in [6.45, 7) is 7.66. The van der Waals surface area contributed by atoms with E-state index in [0.717, 1.165) is 44.1 Å². The lowest BCUT2D eigenvalue weighted by molar-refractivity contribution is 0.175. The van der Waals surface area contributed by atoms with E-state index in [2.05, 4.69) is 22.2 Å². The van der Waals surface area contributed by atoms with Gasteiger partial charge in [0.25, 0.3) is 0 Å². The van der Waals surface area contributed by atoms with Crippen molar-refractivity contribution in [3.05, 3.63) is 11.3 Å². The smallest absolute Gasteiger partial charge is 0.128 e. The van der Waals surface area contributed by atoms with Crippen LogP contribution < -0.4 is 5.32 Å². The molecule has 5 nitrogen and oxygen atoms in total. The third-order valence-corrected chi connectivity index (χ3v) is 3.32. The van der Waals surface area contributed by atoms with Crippen LogP contribution in [0, 0.1) is 6.92 Å². The summed E-state index contributed by atoms with van der Waals surface area (Å²) in [6, 6.07) is 0. The van der Waals surface area contributed by atoms with Gasteiger partial charge in [-0.3, -0.25) is 9.58 Å². The molecule has 2 rings (SSSR count). The Balaban J connectivity index is 2.13. The van der Waals surface area contributed by atoms with E-state index < -0.39 is 0 Å². The van der Waals surface area contributed by atoms with Gasteiger partial charge in [0.05, 0.1) is 11.8 Å². The van der Waals surface area contributed by atoms with E-state index in [0.29, 0.717) is 0 Å². The van der Waals surface area contributed by atoms with Crippen LogP contribution in [0.4, 0.5) is 5.82 Å². The van der Waals surface area contributed by atoms with E-state index in [9.17, 15) is 5.11 Å². The molecule has 1 aromatic heterocycles. The number of rotatable bonds is 4. The van der Waals surface area contributed by atoms with Gasteiger partial charge < -0.3 is 10.4 Å². The number of nitrogens with one attached hydrogen (secondary N) is 1. The van der Waals surface area contributed by atoms with Gasteiger partial charge in [-0.2, -0.15) is 5.10 Å². The Morgan fingerprint density at radius 3 is 2.88 bits per heavy atom. The third kappa shape index (κ3) is 2.61. The summed E-state index contributed by atoms with van der Waals surface area (Å²) in [5, 5.41) is 17.4. The van der Waals surface area contributed by atoms with E-state index >= 15 is 0 Å². The Hall–Kier alpha value is -1.07. The van der Waals surface area contributed by atoms with Crippen molar-refractivity contribution in [3.8, 4) is 0 Å². The second kappa shape index (κ2) is 5.06. The number of likely N-dealkylation sites (tertiary alicyclic amines) is 1. The molecule has 1 fully saturated rings. The number of hydrogen-bond donors (Lipinski definition) is 2. The van der Waals surface area contributed by atoms with Gasteiger partial charge in [0.2, 0.25) is 0 Å². The van der Waals surface area contributed by atoms with Gasteiger partial charge in [0.15, 0.2) is 0 Å². The fourth-order valence-electron chi connectivity index (χ4n) is 2.46. The standard InChI is InChI=1S/C12H22N4O/c1-4-13-12-11(9(2)14-15(12)3)8-16-6-5-10(17)7-16/h10,13,17H,4-8H2,1-3H3. The summed E-state index contributed by atoms with van der Waals surface area (Å²) in [7, 11) is 1.97. The Morgan fingerprint density at radius 1 is 1.53 bits per heavy atom. The number of aromatic nitrogens is 2. The molecule has 0 aliphatic carbocycles. The average Bonchev–Trinajstić information content (AvgIpc) is 2.78. The van der Waals surface area contributed by atoms with E-state index in [-0.39, 0.29) is 6.10 Å². The molecule has 0 aromatic carbocycles. The van der Waals surface area contributed by atoms with Crippen molar-refractivity contribution in [2.45, 2.75) is 32.9 Å². The van der Waals surface area contributed by atoms with Crippen LogP contribution in [0.1, 0.15) is 24.6 Å². The molecule has 0 bridgehead atoms. The van der Waals surface area contributed by atoms with Crippen LogP contribution >= 0.6 is 0 Å². The zero-order valence-electron chi connectivity index (χ0n) is 10.9. The summed E-state index contributed by atoms with van der Waals surface area (Å²) >= 11 is 0. The van der Waals surface area contributed by atoms with Gasteiger partial charge in [-0.1, -0.05) is 0 Å². The molecule has 0 saturated carbocycles. The first-order valence-electron chi connectivity index (χ1n) is 6.28. The van der Waals surface area contributed by atoms with Crippen molar-refractivity contribution in [3.63, 3.8) is 0 Å². The minimum atomic E-state index is -0.158. The number of nitrogens with zero attached hydrogens (tertiary/aromatic N) is 3. The molecule has 1 atom stereocenters. The minimum Gasteiger partial charge on any atom is -0.392 e. The van der Waals surface area contributed by atoms with Gasteiger partial charge in [0.1, 0.15) is 5.82 Å². The maximum Gasteiger partial charge on any atom is 0.128 e. The van der Waals surface area contributed by atoms with Gasteiger partial charge >= 0.3 is 0 Å². The predicted molar refractivity (Wildman–Crippen MR) is 68.0 cm³/mol. The monoisotopic (exact) mass is 238 g/mol. The third-order valence-electron chi connectivity index (χ3n) is 3.32. The number of aliphatic hydroxyl groups is 1. The fourth-order valence-corrected chi connectivity index (χ4v) is 2.46. The summed E-state index contributed by atoms with van der Waals surface area (Å²) in [5.74, 6) is 1.10. The number of aliphatic hydroxyl groups excluding tert-OH is 1. The molecule has 96 valence electrons. The highest BCUT2D eigenvalue weighted by atomic mass is 16.3. The van der Waals surface area contributed by atoms with E-state index in [1.165, 1.54) is 5.56 Å². The van der Waals surface area contributed by atoms with Crippen LogP contribution in [-0.2, 0) is 13.6 Å². The molecule has 2 heterocycles. The fraction of sp³-hybridized carbons (Fsp3) is 0.750. The highest BCUT2D eigenvalue weighted by Crippen LogP contribution is 2.22. The zero-order chi connectivity index (χ0) is 12.4. The number of aryl methyl sites for hydroxylation is 2. The predicted octanol–water partition coefficient (Wildman–Crippen LogP) is 0.727. The molecule has 1 aliphatic heterocycles. The largest absolute Gasteiger partial charge is 0.392 e. The van der Waals surface area contributed by atoms with Crippen LogP contribution in [0.5, 0.6) is 0 Å². The zero-order valence-corrected chi connectivity index (χ0v) is 10.9. The second-order valence-corrected chi connectivity index (χ2v) is 4.74. The molecular weight excluding hydrogens is 216 g/mol. The Bertz CT molecular complexity index is 388. The summed E-state index contributed by atoms with van der Waals surface area (Å²) in [4.78, 5) is 2.29. The maximum atomic E-state index is 9.55. The minimum absolute atomic E-state index is 0.158. The first kappa shape index (κ1) is 12.4. The Kier molecular flexibility index (Phi) is 3.69. The van der Waals surface area contributed by atoms with E-state index in [1.54, 1.807) is 0 Å². The molecule has 1 aliphatic rings. The van der Waals surface area contributed by atoms with Crippen LogP contribution in [0.2, 0.25) is 0 Å². The van der Waals surface area contributed by atoms with Gasteiger partial charge in [-0.05, 0) is 20.3 Å². The van der Waals surface area contributed by atoms with Gasteiger partial charge in [-0.15, -0.1) is 0 Å². The average molecular weight is 238 g/mol. The summed E-state index contributed by atoms with van der Waals surface area (Å²) in [6.07, 6.45) is 0.727. The summed E-state index contributed by atoms with van der Waals surface area (Å²) < 4.78 is 1.90. The Morgan fingerprint density at radius 2 is 2.29 bits per heavy atom. The topological polar surface area (TPSA) is 53.3 Å². The van der Waals surface area contributed by atoms with E-state index in [4.69, 9.17) is 0 Å². The lowest BCUT2D eigenvalue weighted by Crippen LogP contribution is -2.22.